The molecule has 0 radical (unpaired) electrons. The molecule has 1 aromatic heterocycles. The van der Waals surface area contributed by atoms with Crippen molar-refractivity contribution in [1.82, 2.24) is 20.6 Å². The van der Waals surface area contributed by atoms with Crippen molar-refractivity contribution in [1.29, 1.82) is 0 Å². The fraction of sp³-hybridized carbons (Fsp3) is 0.400. The van der Waals surface area contributed by atoms with Crippen LogP contribution in [0.25, 0.3) is 0 Å². The highest BCUT2D eigenvalue weighted by molar-refractivity contribution is 5.92. The van der Waals surface area contributed by atoms with Crippen LogP contribution < -0.4 is 20.1 Å². The van der Waals surface area contributed by atoms with Gasteiger partial charge in [-0.15, -0.1) is 0 Å². The van der Waals surface area contributed by atoms with Gasteiger partial charge in [0, 0.05) is 18.8 Å². The Bertz CT molecular complexity index is 884. The Morgan fingerprint density at radius 2 is 2.00 bits per heavy atom. The van der Waals surface area contributed by atoms with Gasteiger partial charge in [-0.3, -0.25) is 14.6 Å². The number of nitrogens with one attached hydrogen (secondary N) is 2. The number of ether oxygens (including phenoxy) is 2. The molecule has 0 bridgehead atoms. The zero-order chi connectivity index (χ0) is 19.5. The molecule has 1 saturated carbocycles. The smallest absolute Gasteiger partial charge is 0.271 e. The third kappa shape index (κ3) is 3.90. The minimum Gasteiger partial charge on any atom is -0.454 e. The first kappa shape index (κ1) is 18.2. The van der Waals surface area contributed by atoms with Gasteiger partial charge in [0.1, 0.15) is 5.69 Å². The van der Waals surface area contributed by atoms with Crippen molar-refractivity contribution in [2.75, 3.05) is 6.79 Å². The Kier molecular flexibility index (Phi) is 5.10. The van der Waals surface area contributed by atoms with Crippen LogP contribution in [-0.2, 0) is 11.3 Å². The molecule has 2 aromatic rings. The lowest BCUT2D eigenvalue weighted by Gasteiger charge is -2.20. The Morgan fingerprint density at radius 3 is 2.82 bits per heavy atom. The maximum atomic E-state index is 12.7. The molecule has 2 atom stereocenters. The Labute approximate surface area is 162 Å². The Morgan fingerprint density at radius 1 is 1.14 bits per heavy atom. The molecule has 2 N–H and O–H groups in total. The number of aryl methyl sites for hydroxylation is 1. The maximum Gasteiger partial charge on any atom is 0.271 e. The van der Waals surface area contributed by atoms with Crippen LogP contribution in [0.15, 0.2) is 30.6 Å². The molecule has 1 fully saturated rings. The summed E-state index contributed by atoms with van der Waals surface area (Å²) in [4.78, 5) is 33.3. The third-order valence-corrected chi connectivity index (χ3v) is 5.09. The first-order chi connectivity index (χ1) is 13.6. The summed E-state index contributed by atoms with van der Waals surface area (Å²) in [5.74, 6) is 0.796. The highest BCUT2D eigenvalue weighted by Crippen LogP contribution is 2.32. The number of carbonyl (C=O) groups excluding carboxylic acids is 2. The normalized spacial score (nSPS) is 20.0. The predicted molar refractivity (Wildman–Crippen MR) is 99.8 cm³/mol. The number of hydrogen-bond donors (Lipinski definition) is 2. The van der Waals surface area contributed by atoms with E-state index >= 15 is 0 Å². The molecule has 2 aliphatic rings. The van der Waals surface area contributed by atoms with Gasteiger partial charge in [-0.25, -0.2) is 4.98 Å². The van der Waals surface area contributed by atoms with Crippen LogP contribution in [0.1, 0.15) is 41.0 Å². The van der Waals surface area contributed by atoms with E-state index in [1.165, 1.54) is 6.20 Å². The summed E-state index contributed by atoms with van der Waals surface area (Å²) < 4.78 is 10.7. The highest BCUT2D eigenvalue weighted by atomic mass is 16.7. The first-order valence-corrected chi connectivity index (χ1v) is 9.36. The van der Waals surface area contributed by atoms with Crippen LogP contribution in [0.5, 0.6) is 11.5 Å². The Balaban J connectivity index is 1.34. The summed E-state index contributed by atoms with van der Waals surface area (Å²) in [6.07, 6.45) is 5.42. The number of nitrogens with zero attached hydrogens (tertiary/aromatic N) is 2. The average Bonchev–Trinajstić information content (AvgIpc) is 3.35. The van der Waals surface area contributed by atoms with E-state index in [0.29, 0.717) is 18.0 Å². The average molecular weight is 382 g/mol. The number of amides is 2. The molecule has 2 amide bonds. The van der Waals surface area contributed by atoms with Gasteiger partial charge in [-0.2, -0.15) is 0 Å². The number of benzene rings is 1. The Hall–Kier alpha value is -3.16. The summed E-state index contributed by atoms with van der Waals surface area (Å²) >= 11 is 0. The minimum absolute atomic E-state index is 0.0598. The number of hydrogen-bond acceptors (Lipinski definition) is 6. The van der Waals surface area contributed by atoms with Gasteiger partial charge < -0.3 is 20.1 Å². The quantitative estimate of drug-likeness (QED) is 0.816. The highest BCUT2D eigenvalue weighted by Gasteiger charge is 2.34. The van der Waals surface area contributed by atoms with Crippen molar-refractivity contribution in [2.45, 2.75) is 38.8 Å². The van der Waals surface area contributed by atoms with Crippen LogP contribution in [-0.4, -0.2) is 34.6 Å². The molecule has 28 heavy (non-hydrogen) atoms. The van der Waals surface area contributed by atoms with Crippen LogP contribution in [0.3, 0.4) is 0 Å². The van der Waals surface area contributed by atoms with Gasteiger partial charge in [0.05, 0.1) is 17.8 Å². The van der Waals surface area contributed by atoms with Crippen LogP contribution in [0, 0.1) is 12.8 Å². The molecular formula is C20H22N4O4. The fourth-order valence-corrected chi connectivity index (χ4v) is 3.57. The van der Waals surface area contributed by atoms with Gasteiger partial charge >= 0.3 is 0 Å². The van der Waals surface area contributed by atoms with Gasteiger partial charge in [0.2, 0.25) is 12.7 Å². The van der Waals surface area contributed by atoms with Crippen molar-refractivity contribution in [3.05, 3.63) is 47.5 Å². The molecule has 146 valence electrons. The second-order valence-electron chi connectivity index (χ2n) is 7.07. The maximum absolute atomic E-state index is 12.7. The van der Waals surface area contributed by atoms with Crippen LogP contribution in [0.4, 0.5) is 0 Å². The molecular weight excluding hydrogens is 360 g/mol. The summed E-state index contributed by atoms with van der Waals surface area (Å²) in [6.45, 7) is 2.43. The summed E-state index contributed by atoms with van der Waals surface area (Å²) in [7, 11) is 0. The molecule has 8 nitrogen and oxygen atoms in total. The molecule has 0 unspecified atom stereocenters. The molecule has 0 spiro atoms. The van der Waals surface area contributed by atoms with Crippen LogP contribution >= 0.6 is 0 Å². The van der Waals surface area contributed by atoms with Gasteiger partial charge in [0.25, 0.3) is 5.91 Å². The number of carbonyl (C=O) groups is 2. The fourth-order valence-electron chi connectivity index (χ4n) is 3.57. The largest absolute Gasteiger partial charge is 0.454 e. The van der Waals surface area contributed by atoms with Crippen molar-refractivity contribution < 1.29 is 19.1 Å². The predicted octanol–water partition coefficient (Wildman–Crippen LogP) is 1.73. The lowest BCUT2D eigenvalue weighted by Crippen LogP contribution is -2.44. The lowest BCUT2D eigenvalue weighted by molar-refractivity contribution is -0.125. The SMILES string of the molecule is Cc1cnc(C(=O)N[C@@H]2CCC[C@@H]2C(=O)NCc2ccc3c(c2)OCO3)cn1. The van der Waals surface area contributed by atoms with E-state index < -0.39 is 0 Å². The van der Waals surface area contributed by atoms with Crippen molar-refractivity contribution in [3.63, 3.8) is 0 Å². The second-order valence-corrected chi connectivity index (χ2v) is 7.07. The number of fused-ring (bicyclic) bond motifs is 1. The van der Waals surface area contributed by atoms with E-state index in [0.717, 1.165) is 30.5 Å². The van der Waals surface area contributed by atoms with E-state index in [4.69, 9.17) is 9.47 Å². The first-order valence-electron chi connectivity index (χ1n) is 9.36. The van der Waals surface area contributed by atoms with Crippen LogP contribution in [0.2, 0.25) is 0 Å². The summed E-state index contributed by atoms with van der Waals surface area (Å²) in [5, 5.41) is 5.91. The van der Waals surface area contributed by atoms with Gasteiger partial charge in [-0.05, 0) is 37.5 Å². The zero-order valence-corrected chi connectivity index (χ0v) is 15.6. The molecule has 0 saturated heterocycles. The molecule has 1 aliphatic heterocycles. The summed E-state index contributed by atoms with van der Waals surface area (Å²) in [5.41, 5.74) is 1.95. The lowest BCUT2D eigenvalue weighted by atomic mass is 10.0. The number of aromatic nitrogens is 2. The molecule has 2 heterocycles. The number of rotatable bonds is 5. The summed E-state index contributed by atoms with van der Waals surface area (Å²) in [6, 6.07) is 5.40. The third-order valence-electron chi connectivity index (χ3n) is 5.09. The van der Waals surface area contributed by atoms with E-state index in [-0.39, 0.29) is 36.3 Å². The van der Waals surface area contributed by atoms with Gasteiger partial charge in [0.15, 0.2) is 11.5 Å². The van der Waals surface area contributed by atoms with Crippen molar-refractivity contribution >= 4 is 11.8 Å². The molecule has 8 heteroatoms. The van der Waals surface area contributed by atoms with Crippen molar-refractivity contribution in [2.24, 2.45) is 5.92 Å². The van der Waals surface area contributed by atoms with E-state index in [1.807, 2.05) is 25.1 Å². The molecule has 1 aromatic carbocycles. The van der Waals surface area contributed by atoms with E-state index in [1.54, 1.807) is 6.20 Å². The monoisotopic (exact) mass is 382 g/mol. The molecule has 1 aliphatic carbocycles. The minimum atomic E-state index is -0.298. The van der Waals surface area contributed by atoms with E-state index in [9.17, 15) is 9.59 Å². The molecule has 4 rings (SSSR count). The van der Waals surface area contributed by atoms with Gasteiger partial charge in [-0.1, -0.05) is 12.5 Å². The second kappa shape index (κ2) is 7.84. The zero-order valence-electron chi connectivity index (χ0n) is 15.6. The topological polar surface area (TPSA) is 102 Å². The van der Waals surface area contributed by atoms with Crippen molar-refractivity contribution in [3.8, 4) is 11.5 Å². The van der Waals surface area contributed by atoms with E-state index in [2.05, 4.69) is 20.6 Å². The standard InChI is InChI=1S/C20H22N4O4/c1-12-8-22-16(10-21-12)20(26)24-15-4-2-3-14(15)19(25)23-9-13-5-6-17-18(7-13)28-11-27-17/h5-8,10,14-15H,2-4,9,11H2,1H3,(H,23,25)(H,24,26)/t14-,15+/m0/s1.